The summed E-state index contributed by atoms with van der Waals surface area (Å²) in [5.41, 5.74) is -0.182. The van der Waals surface area contributed by atoms with Crippen LogP contribution in [0.3, 0.4) is 0 Å². The van der Waals surface area contributed by atoms with Crippen LogP contribution in [0, 0.1) is 0 Å². The summed E-state index contributed by atoms with van der Waals surface area (Å²) in [6.45, 7) is -0.430. The number of hydrogen-bond acceptors (Lipinski definition) is 6. The second-order valence-electron chi connectivity index (χ2n) is 6.98. The molecule has 0 aliphatic carbocycles. The molecule has 0 bridgehead atoms. The fourth-order valence-electron chi connectivity index (χ4n) is 2.59. The molecule has 1 atom stereocenters. The topological polar surface area (TPSA) is 126 Å². The molecule has 0 aromatic heterocycles. The van der Waals surface area contributed by atoms with Crippen molar-refractivity contribution in [3.05, 3.63) is 59.7 Å². The predicted molar refractivity (Wildman–Crippen MR) is 115 cm³/mol. The molecule has 0 fully saturated rings. The van der Waals surface area contributed by atoms with E-state index in [1.807, 2.05) is 0 Å². The molecule has 0 heterocycles. The molecular weight excluding hydrogens is 459 g/mol. The van der Waals surface area contributed by atoms with E-state index in [2.05, 4.69) is 20.7 Å². The summed E-state index contributed by atoms with van der Waals surface area (Å²) in [5, 5.41) is 17.4. The van der Waals surface area contributed by atoms with Crippen LogP contribution in [0.4, 0.5) is 23.7 Å². The first-order chi connectivity index (χ1) is 16.1. The van der Waals surface area contributed by atoms with Gasteiger partial charge in [-0.2, -0.15) is 13.2 Å². The van der Waals surface area contributed by atoms with Crippen molar-refractivity contribution >= 4 is 23.6 Å². The molecule has 0 radical (unpaired) electrons. The summed E-state index contributed by atoms with van der Waals surface area (Å²) in [4.78, 5) is 35.0. The molecule has 0 aliphatic heterocycles. The number of alkyl halides is 3. The molecule has 184 valence electrons. The molecule has 0 saturated carbocycles. The van der Waals surface area contributed by atoms with E-state index in [4.69, 9.17) is 4.74 Å². The predicted octanol–water partition coefficient (Wildman–Crippen LogP) is 2.56. The Hall–Kier alpha value is -3.80. The third kappa shape index (κ3) is 8.98. The van der Waals surface area contributed by atoms with Crippen molar-refractivity contribution in [2.45, 2.75) is 18.7 Å². The number of aliphatic hydroxyl groups excluding tert-OH is 1. The van der Waals surface area contributed by atoms with Crippen LogP contribution in [-0.4, -0.2) is 55.9 Å². The number of anilines is 1. The van der Waals surface area contributed by atoms with Crippen molar-refractivity contribution in [2.24, 2.45) is 0 Å². The van der Waals surface area contributed by atoms with Gasteiger partial charge in [0.25, 0.3) is 5.91 Å². The maximum Gasteiger partial charge on any atom is 0.416 e. The SMILES string of the molecule is COC(=O)CCNC(=O)c1ccc(NC(=O)NCC(O)COc2cccc(C(F)(F)F)c2)cc1. The number of esters is 1. The van der Waals surface area contributed by atoms with Gasteiger partial charge in [-0.25, -0.2) is 4.79 Å². The van der Waals surface area contributed by atoms with E-state index in [9.17, 15) is 32.7 Å². The molecule has 4 N–H and O–H groups in total. The van der Waals surface area contributed by atoms with Crippen LogP contribution < -0.4 is 20.7 Å². The number of rotatable bonds is 10. The molecule has 0 aliphatic rings. The zero-order valence-electron chi connectivity index (χ0n) is 18.1. The second kappa shape index (κ2) is 12.4. The van der Waals surface area contributed by atoms with Gasteiger partial charge >= 0.3 is 18.2 Å². The van der Waals surface area contributed by atoms with E-state index in [0.29, 0.717) is 11.3 Å². The molecule has 0 saturated heterocycles. The van der Waals surface area contributed by atoms with Crippen LogP contribution in [0.1, 0.15) is 22.3 Å². The van der Waals surface area contributed by atoms with Crippen LogP contribution in [0.5, 0.6) is 5.75 Å². The second-order valence-corrected chi connectivity index (χ2v) is 6.98. The van der Waals surface area contributed by atoms with Gasteiger partial charge in [-0.15, -0.1) is 0 Å². The Morgan fingerprint density at radius 2 is 1.76 bits per heavy atom. The monoisotopic (exact) mass is 483 g/mol. The van der Waals surface area contributed by atoms with Gasteiger partial charge in [-0.3, -0.25) is 9.59 Å². The quantitative estimate of drug-likeness (QED) is 0.385. The number of aliphatic hydroxyl groups is 1. The molecule has 2 rings (SSSR count). The number of hydrogen-bond donors (Lipinski definition) is 4. The molecule has 9 nitrogen and oxygen atoms in total. The Labute approximate surface area is 193 Å². The lowest BCUT2D eigenvalue weighted by atomic mass is 10.2. The van der Waals surface area contributed by atoms with E-state index in [1.54, 1.807) is 0 Å². The average molecular weight is 483 g/mol. The minimum Gasteiger partial charge on any atom is -0.491 e. The summed E-state index contributed by atoms with van der Waals surface area (Å²) in [7, 11) is 1.25. The highest BCUT2D eigenvalue weighted by molar-refractivity contribution is 5.95. The highest BCUT2D eigenvalue weighted by Crippen LogP contribution is 2.31. The molecule has 2 aromatic rings. The first-order valence-corrected chi connectivity index (χ1v) is 10.1. The third-order valence-electron chi connectivity index (χ3n) is 4.35. The number of ether oxygens (including phenoxy) is 2. The number of carbonyl (C=O) groups excluding carboxylic acids is 3. The first-order valence-electron chi connectivity index (χ1n) is 10.1. The van der Waals surface area contributed by atoms with Crippen LogP contribution >= 0.6 is 0 Å². The van der Waals surface area contributed by atoms with Crippen molar-refractivity contribution < 1.29 is 42.1 Å². The number of methoxy groups -OCH3 is 1. The highest BCUT2D eigenvalue weighted by Gasteiger charge is 2.30. The minimum atomic E-state index is -4.51. The first kappa shape index (κ1) is 26.5. The van der Waals surface area contributed by atoms with Crippen molar-refractivity contribution in [2.75, 3.05) is 32.1 Å². The molecule has 3 amide bonds. The largest absolute Gasteiger partial charge is 0.491 e. The van der Waals surface area contributed by atoms with E-state index in [0.717, 1.165) is 12.1 Å². The fourth-order valence-corrected chi connectivity index (χ4v) is 2.59. The Balaban J connectivity index is 1.73. The van der Waals surface area contributed by atoms with Crippen molar-refractivity contribution in [1.82, 2.24) is 10.6 Å². The lowest BCUT2D eigenvalue weighted by Gasteiger charge is -2.15. The van der Waals surface area contributed by atoms with Crippen LogP contribution in [0.2, 0.25) is 0 Å². The van der Waals surface area contributed by atoms with Gasteiger partial charge in [0.2, 0.25) is 0 Å². The van der Waals surface area contributed by atoms with Gasteiger partial charge in [0, 0.05) is 24.3 Å². The number of amides is 3. The van der Waals surface area contributed by atoms with Gasteiger partial charge in [-0.1, -0.05) is 6.07 Å². The van der Waals surface area contributed by atoms with E-state index in [1.165, 1.54) is 43.5 Å². The highest BCUT2D eigenvalue weighted by atomic mass is 19.4. The zero-order valence-corrected chi connectivity index (χ0v) is 18.1. The van der Waals surface area contributed by atoms with Gasteiger partial charge in [0.1, 0.15) is 18.5 Å². The number of nitrogens with one attached hydrogen (secondary N) is 3. The molecular formula is C22H24F3N3O6. The third-order valence-corrected chi connectivity index (χ3v) is 4.35. The normalized spacial score (nSPS) is 11.8. The number of carbonyl (C=O) groups is 3. The smallest absolute Gasteiger partial charge is 0.416 e. The van der Waals surface area contributed by atoms with Gasteiger partial charge in [0.05, 0.1) is 19.1 Å². The van der Waals surface area contributed by atoms with Gasteiger partial charge in [0.15, 0.2) is 0 Å². The number of benzene rings is 2. The van der Waals surface area contributed by atoms with Crippen LogP contribution in [0.25, 0.3) is 0 Å². The summed E-state index contributed by atoms with van der Waals surface area (Å²) in [6, 6.07) is 9.51. The van der Waals surface area contributed by atoms with Crippen LogP contribution in [-0.2, 0) is 15.7 Å². The Bertz CT molecular complexity index is 983. The van der Waals surface area contributed by atoms with Crippen LogP contribution in [0.15, 0.2) is 48.5 Å². The standard InChI is InChI=1S/C22H24F3N3O6/c1-33-19(30)9-10-26-20(31)14-5-7-16(8-6-14)28-21(32)27-12-17(29)13-34-18-4-2-3-15(11-18)22(23,24)25/h2-8,11,17,29H,9-10,12-13H2,1H3,(H,26,31)(H2,27,28,32). The summed E-state index contributed by atoms with van der Waals surface area (Å²) in [6.07, 6.45) is -5.64. The maximum atomic E-state index is 12.7. The fraction of sp³-hybridized carbons (Fsp3) is 0.318. The van der Waals surface area contributed by atoms with E-state index < -0.39 is 35.8 Å². The number of halogens is 3. The van der Waals surface area contributed by atoms with Crippen molar-refractivity contribution in [3.8, 4) is 5.75 Å². The summed E-state index contributed by atoms with van der Waals surface area (Å²) >= 11 is 0. The molecule has 34 heavy (non-hydrogen) atoms. The minimum absolute atomic E-state index is 0.0406. The lowest BCUT2D eigenvalue weighted by molar-refractivity contribution is -0.140. The maximum absolute atomic E-state index is 12.7. The summed E-state index contributed by atoms with van der Waals surface area (Å²) < 4.78 is 47.8. The average Bonchev–Trinajstić information content (AvgIpc) is 2.81. The van der Waals surface area contributed by atoms with E-state index in [-0.39, 0.29) is 31.9 Å². The zero-order chi connectivity index (χ0) is 25.1. The molecule has 12 heteroatoms. The number of urea groups is 1. The lowest BCUT2D eigenvalue weighted by Crippen LogP contribution is -2.37. The molecule has 0 spiro atoms. The van der Waals surface area contributed by atoms with Crippen molar-refractivity contribution in [1.29, 1.82) is 0 Å². The Kier molecular flexibility index (Phi) is 9.68. The summed E-state index contributed by atoms with van der Waals surface area (Å²) in [5.74, 6) is -0.908. The van der Waals surface area contributed by atoms with Crippen molar-refractivity contribution in [3.63, 3.8) is 0 Å². The van der Waals surface area contributed by atoms with Gasteiger partial charge < -0.3 is 30.5 Å². The Morgan fingerprint density at radius 1 is 1.06 bits per heavy atom. The molecule has 1 unspecified atom stereocenters. The molecule has 2 aromatic carbocycles. The Morgan fingerprint density at radius 3 is 2.41 bits per heavy atom. The van der Waals surface area contributed by atoms with E-state index >= 15 is 0 Å². The van der Waals surface area contributed by atoms with Gasteiger partial charge in [-0.05, 0) is 42.5 Å².